The molecule has 1 N–H and O–H groups in total. The first-order chi connectivity index (χ1) is 9.86. The molecule has 0 spiro atoms. The lowest BCUT2D eigenvalue weighted by molar-refractivity contribution is 0.297. The molecule has 2 heterocycles. The number of hydrogen-bond donors (Lipinski definition) is 1. The third-order valence-electron chi connectivity index (χ3n) is 3.02. The van der Waals surface area contributed by atoms with Crippen LogP contribution in [0.1, 0.15) is 13.3 Å². The van der Waals surface area contributed by atoms with Gasteiger partial charge in [-0.2, -0.15) is 0 Å². The molecule has 1 aliphatic rings. The van der Waals surface area contributed by atoms with Gasteiger partial charge in [0, 0.05) is 24.7 Å². The quantitative estimate of drug-likeness (QED) is 0.930. The first-order valence-corrected chi connectivity index (χ1v) is 6.84. The molecule has 1 aromatic heterocycles. The highest BCUT2D eigenvalue weighted by molar-refractivity contribution is 5.62. The predicted octanol–water partition coefficient (Wildman–Crippen LogP) is 2.74. The topological polar surface area (TPSA) is 56.3 Å². The normalized spacial score (nSPS) is 13.7. The Labute approximate surface area is 118 Å². The average molecular weight is 271 g/mol. The first-order valence-electron chi connectivity index (χ1n) is 6.84. The maximum Gasteiger partial charge on any atom is 0.161 e. The molecule has 2 aromatic rings. The fourth-order valence-corrected chi connectivity index (χ4v) is 2.08. The maximum absolute atomic E-state index is 5.69. The third-order valence-corrected chi connectivity index (χ3v) is 3.02. The molecule has 0 radical (unpaired) electrons. The minimum atomic E-state index is 0.675. The van der Waals surface area contributed by atoms with Crippen molar-refractivity contribution in [2.45, 2.75) is 13.3 Å². The van der Waals surface area contributed by atoms with Crippen molar-refractivity contribution in [3.05, 3.63) is 30.5 Å². The van der Waals surface area contributed by atoms with E-state index in [4.69, 9.17) is 9.47 Å². The summed E-state index contributed by atoms with van der Waals surface area (Å²) in [5, 5.41) is 3.18. The summed E-state index contributed by atoms with van der Waals surface area (Å²) in [5.41, 5.74) is 0.925. The summed E-state index contributed by atoms with van der Waals surface area (Å²) in [5.74, 6) is 3.05. The molecule has 1 aromatic carbocycles. The standard InChI is InChI=1S/C15H17N3O2/c1-2-16-14-6-7-17-15(18-14)11-4-5-12-13(10-11)20-9-3-8-19-12/h4-7,10H,2-3,8-9H2,1H3,(H,16,17,18). The Morgan fingerprint density at radius 3 is 2.85 bits per heavy atom. The molecule has 5 nitrogen and oxygen atoms in total. The van der Waals surface area contributed by atoms with Gasteiger partial charge in [0.1, 0.15) is 5.82 Å². The average Bonchev–Trinajstić information content (AvgIpc) is 2.72. The van der Waals surface area contributed by atoms with Crippen LogP contribution in [0.2, 0.25) is 0 Å². The Morgan fingerprint density at radius 1 is 1.15 bits per heavy atom. The van der Waals surface area contributed by atoms with E-state index in [0.29, 0.717) is 19.0 Å². The van der Waals surface area contributed by atoms with Crippen molar-refractivity contribution in [3.8, 4) is 22.9 Å². The second-order valence-electron chi connectivity index (χ2n) is 4.51. The second kappa shape index (κ2) is 5.77. The van der Waals surface area contributed by atoms with Gasteiger partial charge in [-0.25, -0.2) is 9.97 Å². The summed E-state index contributed by atoms with van der Waals surface area (Å²) < 4.78 is 11.3. The molecule has 1 aliphatic heterocycles. The van der Waals surface area contributed by atoms with Gasteiger partial charge in [0.25, 0.3) is 0 Å². The highest BCUT2D eigenvalue weighted by Gasteiger charge is 2.12. The van der Waals surface area contributed by atoms with Crippen LogP contribution in [0.3, 0.4) is 0 Å². The van der Waals surface area contributed by atoms with Crippen molar-refractivity contribution in [2.24, 2.45) is 0 Å². The van der Waals surface area contributed by atoms with E-state index in [2.05, 4.69) is 15.3 Å². The van der Waals surface area contributed by atoms with Gasteiger partial charge in [0.2, 0.25) is 0 Å². The van der Waals surface area contributed by atoms with Crippen LogP contribution in [0.15, 0.2) is 30.5 Å². The number of anilines is 1. The van der Waals surface area contributed by atoms with Crippen LogP contribution in [0.25, 0.3) is 11.4 Å². The summed E-state index contributed by atoms with van der Waals surface area (Å²) in [6, 6.07) is 7.67. The largest absolute Gasteiger partial charge is 0.490 e. The summed E-state index contributed by atoms with van der Waals surface area (Å²) in [6.45, 7) is 4.24. The molecular formula is C15H17N3O2. The van der Waals surface area contributed by atoms with Crippen molar-refractivity contribution in [2.75, 3.05) is 25.1 Å². The molecule has 20 heavy (non-hydrogen) atoms. The van der Waals surface area contributed by atoms with Gasteiger partial charge in [0.15, 0.2) is 17.3 Å². The zero-order valence-corrected chi connectivity index (χ0v) is 11.4. The van der Waals surface area contributed by atoms with Crippen molar-refractivity contribution >= 4 is 5.82 Å². The number of benzene rings is 1. The molecule has 0 unspecified atom stereocenters. The first kappa shape index (κ1) is 12.7. The van der Waals surface area contributed by atoms with E-state index < -0.39 is 0 Å². The van der Waals surface area contributed by atoms with Gasteiger partial charge in [-0.3, -0.25) is 0 Å². The van der Waals surface area contributed by atoms with E-state index in [1.807, 2.05) is 31.2 Å². The predicted molar refractivity (Wildman–Crippen MR) is 77.2 cm³/mol. The van der Waals surface area contributed by atoms with Crippen molar-refractivity contribution in [1.29, 1.82) is 0 Å². The van der Waals surface area contributed by atoms with E-state index in [-0.39, 0.29) is 0 Å². The number of rotatable bonds is 3. The van der Waals surface area contributed by atoms with Gasteiger partial charge < -0.3 is 14.8 Å². The van der Waals surface area contributed by atoms with E-state index in [1.165, 1.54) is 0 Å². The molecule has 0 atom stereocenters. The van der Waals surface area contributed by atoms with Crippen LogP contribution in [-0.4, -0.2) is 29.7 Å². The number of nitrogens with one attached hydrogen (secondary N) is 1. The summed E-state index contributed by atoms with van der Waals surface area (Å²) >= 11 is 0. The van der Waals surface area contributed by atoms with Gasteiger partial charge >= 0.3 is 0 Å². The number of aromatic nitrogens is 2. The highest BCUT2D eigenvalue weighted by Crippen LogP contribution is 2.33. The van der Waals surface area contributed by atoms with E-state index in [0.717, 1.165) is 35.8 Å². The van der Waals surface area contributed by atoms with Gasteiger partial charge in [-0.05, 0) is 31.2 Å². The summed E-state index contributed by atoms with van der Waals surface area (Å²) in [6.07, 6.45) is 2.65. The van der Waals surface area contributed by atoms with Crippen LogP contribution in [-0.2, 0) is 0 Å². The lowest BCUT2D eigenvalue weighted by Crippen LogP contribution is -2.01. The molecule has 0 saturated heterocycles. The number of fused-ring (bicyclic) bond motifs is 1. The van der Waals surface area contributed by atoms with Crippen LogP contribution in [0, 0.1) is 0 Å². The minimum Gasteiger partial charge on any atom is -0.490 e. The Kier molecular flexibility index (Phi) is 3.67. The SMILES string of the molecule is CCNc1ccnc(-c2ccc3c(c2)OCCCO3)n1. The number of ether oxygens (including phenoxy) is 2. The van der Waals surface area contributed by atoms with Gasteiger partial charge in [-0.15, -0.1) is 0 Å². The second-order valence-corrected chi connectivity index (χ2v) is 4.51. The van der Waals surface area contributed by atoms with Crippen LogP contribution in [0.4, 0.5) is 5.82 Å². The molecule has 0 aliphatic carbocycles. The summed E-state index contributed by atoms with van der Waals surface area (Å²) in [7, 11) is 0. The molecule has 3 rings (SSSR count). The smallest absolute Gasteiger partial charge is 0.161 e. The Hall–Kier alpha value is -2.30. The van der Waals surface area contributed by atoms with Gasteiger partial charge in [0.05, 0.1) is 13.2 Å². The number of hydrogen-bond acceptors (Lipinski definition) is 5. The van der Waals surface area contributed by atoms with Crippen molar-refractivity contribution in [1.82, 2.24) is 9.97 Å². The molecule has 104 valence electrons. The molecule has 5 heteroatoms. The van der Waals surface area contributed by atoms with Gasteiger partial charge in [-0.1, -0.05) is 0 Å². The van der Waals surface area contributed by atoms with Crippen LogP contribution < -0.4 is 14.8 Å². The van der Waals surface area contributed by atoms with Crippen LogP contribution in [0.5, 0.6) is 11.5 Å². The molecule has 0 fully saturated rings. The maximum atomic E-state index is 5.69. The van der Waals surface area contributed by atoms with Crippen molar-refractivity contribution in [3.63, 3.8) is 0 Å². The number of nitrogens with zero attached hydrogens (tertiary/aromatic N) is 2. The Morgan fingerprint density at radius 2 is 2.00 bits per heavy atom. The third kappa shape index (κ3) is 2.66. The lowest BCUT2D eigenvalue weighted by Gasteiger charge is -2.09. The zero-order valence-electron chi connectivity index (χ0n) is 11.4. The van der Waals surface area contributed by atoms with Crippen molar-refractivity contribution < 1.29 is 9.47 Å². The fourth-order valence-electron chi connectivity index (χ4n) is 2.08. The molecular weight excluding hydrogens is 254 g/mol. The van der Waals surface area contributed by atoms with E-state index >= 15 is 0 Å². The monoisotopic (exact) mass is 271 g/mol. The fraction of sp³-hybridized carbons (Fsp3) is 0.333. The molecule has 0 amide bonds. The Bertz CT molecular complexity index is 601. The lowest BCUT2D eigenvalue weighted by atomic mass is 10.2. The van der Waals surface area contributed by atoms with E-state index in [9.17, 15) is 0 Å². The Balaban J connectivity index is 1.94. The van der Waals surface area contributed by atoms with E-state index in [1.54, 1.807) is 6.20 Å². The highest BCUT2D eigenvalue weighted by atomic mass is 16.5. The zero-order chi connectivity index (χ0) is 13.8. The molecule has 0 saturated carbocycles. The summed E-state index contributed by atoms with van der Waals surface area (Å²) in [4.78, 5) is 8.80. The molecule has 0 bridgehead atoms. The van der Waals surface area contributed by atoms with Crippen LogP contribution >= 0.6 is 0 Å². The minimum absolute atomic E-state index is 0.675.